The first-order valence-corrected chi connectivity index (χ1v) is 7.79. The molecule has 23 heavy (non-hydrogen) atoms. The Bertz CT molecular complexity index is 678. The van der Waals surface area contributed by atoms with Crippen LogP contribution in [0.25, 0.3) is 5.70 Å². The second kappa shape index (κ2) is 6.49. The molecule has 0 saturated carbocycles. The van der Waals surface area contributed by atoms with E-state index in [-0.39, 0.29) is 6.61 Å². The van der Waals surface area contributed by atoms with Crippen molar-refractivity contribution >= 4 is 5.70 Å². The highest BCUT2D eigenvalue weighted by molar-refractivity contribution is 5.76. The van der Waals surface area contributed by atoms with Gasteiger partial charge < -0.3 is 24.4 Å². The molecule has 0 spiro atoms. The minimum Gasteiger partial charge on any atom is -0.493 e. The number of nitriles is 1. The zero-order chi connectivity index (χ0) is 16.4. The SMILES string of the molecule is COc1cc2c(cc1OC)C1=C(C#N)C[NH+](CCO)CN1CC2. The molecule has 1 aromatic rings. The molecular formula is C17H22N3O3+. The molecule has 0 amide bonds. The van der Waals surface area contributed by atoms with Gasteiger partial charge in [0.05, 0.1) is 26.5 Å². The van der Waals surface area contributed by atoms with Gasteiger partial charge in [-0.15, -0.1) is 0 Å². The zero-order valence-corrected chi connectivity index (χ0v) is 13.6. The Kier molecular flexibility index (Phi) is 4.42. The number of quaternary nitrogens is 1. The number of methoxy groups -OCH3 is 2. The number of fused-ring (bicyclic) bond motifs is 3. The van der Waals surface area contributed by atoms with Crippen LogP contribution in [0.3, 0.4) is 0 Å². The van der Waals surface area contributed by atoms with E-state index in [2.05, 4.69) is 11.0 Å². The second-order valence-corrected chi connectivity index (χ2v) is 5.88. The molecule has 0 saturated heterocycles. The normalized spacial score (nSPS) is 19.7. The molecule has 1 atom stereocenters. The fourth-order valence-corrected chi connectivity index (χ4v) is 3.48. The van der Waals surface area contributed by atoms with Gasteiger partial charge in [-0.2, -0.15) is 5.26 Å². The van der Waals surface area contributed by atoms with Gasteiger partial charge in [0.2, 0.25) is 0 Å². The summed E-state index contributed by atoms with van der Waals surface area (Å²) in [6, 6.07) is 6.35. The quantitative estimate of drug-likeness (QED) is 0.794. The lowest BCUT2D eigenvalue weighted by molar-refractivity contribution is -0.906. The van der Waals surface area contributed by atoms with Crippen LogP contribution in [0.15, 0.2) is 17.7 Å². The molecule has 0 aliphatic carbocycles. The highest BCUT2D eigenvalue weighted by atomic mass is 16.5. The third-order valence-corrected chi connectivity index (χ3v) is 4.56. The van der Waals surface area contributed by atoms with Crippen molar-refractivity contribution in [2.75, 3.05) is 47.1 Å². The molecule has 0 aromatic heterocycles. The molecule has 1 unspecified atom stereocenters. The van der Waals surface area contributed by atoms with Crippen LogP contribution in [0.2, 0.25) is 0 Å². The summed E-state index contributed by atoms with van der Waals surface area (Å²) in [7, 11) is 3.26. The largest absolute Gasteiger partial charge is 0.493 e. The Morgan fingerprint density at radius 3 is 2.70 bits per heavy atom. The van der Waals surface area contributed by atoms with Crippen molar-refractivity contribution in [2.45, 2.75) is 6.42 Å². The number of aliphatic hydroxyl groups is 1. The first-order chi connectivity index (χ1) is 11.2. The summed E-state index contributed by atoms with van der Waals surface area (Å²) in [5, 5.41) is 18.8. The Labute approximate surface area is 136 Å². The van der Waals surface area contributed by atoms with Crippen LogP contribution in [0.4, 0.5) is 0 Å². The number of nitrogens with zero attached hydrogens (tertiary/aromatic N) is 2. The maximum atomic E-state index is 9.60. The molecular weight excluding hydrogens is 294 g/mol. The van der Waals surface area contributed by atoms with Crippen LogP contribution >= 0.6 is 0 Å². The lowest BCUT2D eigenvalue weighted by atomic mass is 9.92. The number of benzene rings is 1. The molecule has 0 radical (unpaired) electrons. The van der Waals surface area contributed by atoms with Crippen LogP contribution in [0, 0.1) is 11.3 Å². The van der Waals surface area contributed by atoms with Gasteiger partial charge in [-0.3, -0.25) is 0 Å². The monoisotopic (exact) mass is 316 g/mol. The van der Waals surface area contributed by atoms with E-state index >= 15 is 0 Å². The van der Waals surface area contributed by atoms with E-state index in [9.17, 15) is 10.4 Å². The zero-order valence-electron chi connectivity index (χ0n) is 13.6. The van der Waals surface area contributed by atoms with Crippen molar-refractivity contribution in [3.8, 4) is 17.6 Å². The summed E-state index contributed by atoms with van der Waals surface area (Å²) in [6.07, 6.45) is 0.907. The summed E-state index contributed by atoms with van der Waals surface area (Å²) < 4.78 is 10.8. The Morgan fingerprint density at radius 2 is 2.04 bits per heavy atom. The summed E-state index contributed by atoms with van der Waals surface area (Å²) in [5.41, 5.74) is 4.03. The Morgan fingerprint density at radius 1 is 1.30 bits per heavy atom. The Balaban J connectivity index is 2.09. The van der Waals surface area contributed by atoms with Crippen molar-refractivity contribution in [2.24, 2.45) is 0 Å². The first-order valence-electron chi connectivity index (χ1n) is 7.79. The maximum Gasteiger partial charge on any atom is 0.161 e. The molecule has 2 N–H and O–H groups in total. The minimum absolute atomic E-state index is 0.138. The lowest BCUT2D eigenvalue weighted by Gasteiger charge is -2.39. The maximum absolute atomic E-state index is 9.60. The standard InChI is InChI=1S/C17H21N3O3/c1-22-15-7-12-3-4-20-11-19(5-6-21)10-13(9-18)17(20)14(12)8-16(15)23-2/h7-8,21H,3-6,10-11H2,1-2H3/p+1. The van der Waals surface area contributed by atoms with Gasteiger partial charge in [-0.05, 0) is 24.1 Å². The van der Waals surface area contributed by atoms with E-state index < -0.39 is 0 Å². The van der Waals surface area contributed by atoms with Gasteiger partial charge in [-0.25, -0.2) is 0 Å². The van der Waals surface area contributed by atoms with Crippen LogP contribution in [0.1, 0.15) is 11.1 Å². The summed E-state index contributed by atoms with van der Waals surface area (Å²) >= 11 is 0. The van der Waals surface area contributed by atoms with Gasteiger partial charge in [0.25, 0.3) is 0 Å². The van der Waals surface area contributed by atoms with E-state index in [4.69, 9.17) is 9.47 Å². The molecule has 3 rings (SSSR count). The van der Waals surface area contributed by atoms with Crippen molar-refractivity contribution in [3.05, 3.63) is 28.8 Å². The number of rotatable bonds is 4. The summed E-state index contributed by atoms with van der Waals surface area (Å²) in [5.74, 6) is 1.41. The van der Waals surface area contributed by atoms with Crippen LogP contribution < -0.4 is 14.4 Å². The lowest BCUT2D eigenvalue weighted by Crippen LogP contribution is -3.15. The molecule has 2 aliphatic rings. The van der Waals surface area contributed by atoms with Crippen molar-refractivity contribution in [1.82, 2.24) is 4.90 Å². The van der Waals surface area contributed by atoms with Crippen molar-refractivity contribution < 1.29 is 19.5 Å². The van der Waals surface area contributed by atoms with E-state index in [1.54, 1.807) is 14.2 Å². The molecule has 2 heterocycles. The molecule has 2 aliphatic heterocycles. The van der Waals surface area contributed by atoms with Crippen LogP contribution in [0.5, 0.6) is 11.5 Å². The predicted octanol–water partition coefficient (Wildman–Crippen LogP) is -0.355. The molecule has 1 aromatic carbocycles. The van der Waals surface area contributed by atoms with Crippen molar-refractivity contribution in [1.29, 1.82) is 5.26 Å². The summed E-state index contributed by atoms with van der Waals surface area (Å²) in [4.78, 5) is 3.47. The van der Waals surface area contributed by atoms with E-state index in [0.717, 1.165) is 42.2 Å². The van der Waals surface area contributed by atoms with Gasteiger partial charge in [0.15, 0.2) is 18.2 Å². The third kappa shape index (κ3) is 2.74. The highest BCUT2D eigenvalue weighted by Crippen LogP contribution is 2.38. The number of nitrogens with one attached hydrogen (secondary N) is 1. The second-order valence-electron chi connectivity index (χ2n) is 5.88. The van der Waals surface area contributed by atoms with Gasteiger partial charge in [0.1, 0.15) is 24.7 Å². The number of hydrogen-bond acceptors (Lipinski definition) is 5. The third-order valence-electron chi connectivity index (χ3n) is 4.56. The van der Waals surface area contributed by atoms with E-state index in [1.807, 2.05) is 12.1 Å². The van der Waals surface area contributed by atoms with E-state index in [0.29, 0.717) is 18.8 Å². The van der Waals surface area contributed by atoms with Gasteiger partial charge in [0, 0.05) is 12.1 Å². The Hall–Kier alpha value is -2.23. The molecule has 6 nitrogen and oxygen atoms in total. The fraction of sp³-hybridized carbons (Fsp3) is 0.471. The summed E-state index contributed by atoms with van der Waals surface area (Å²) in [6.45, 7) is 3.13. The average Bonchev–Trinajstić information content (AvgIpc) is 2.59. The number of hydrogen-bond donors (Lipinski definition) is 2. The molecule has 6 heteroatoms. The van der Waals surface area contributed by atoms with Crippen LogP contribution in [-0.4, -0.2) is 57.1 Å². The van der Waals surface area contributed by atoms with Gasteiger partial charge >= 0.3 is 0 Å². The predicted molar refractivity (Wildman–Crippen MR) is 85.1 cm³/mol. The van der Waals surface area contributed by atoms with Crippen LogP contribution in [-0.2, 0) is 6.42 Å². The highest BCUT2D eigenvalue weighted by Gasteiger charge is 2.33. The molecule has 0 fully saturated rings. The van der Waals surface area contributed by atoms with Gasteiger partial charge in [-0.1, -0.05) is 0 Å². The smallest absolute Gasteiger partial charge is 0.161 e. The first kappa shape index (κ1) is 15.7. The van der Waals surface area contributed by atoms with Crippen molar-refractivity contribution in [3.63, 3.8) is 0 Å². The number of ether oxygens (including phenoxy) is 2. The topological polar surface area (TPSA) is 70.2 Å². The minimum atomic E-state index is 0.138. The van der Waals surface area contributed by atoms with E-state index in [1.165, 1.54) is 10.5 Å². The molecule has 122 valence electrons. The fourth-order valence-electron chi connectivity index (χ4n) is 3.48. The molecule has 0 bridgehead atoms. The number of aliphatic hydroxyl groups excluding tert-OH is 1. The average molecular weight is 316 g/mol.